The number of nitrogens with zero attached hydrogens (tertiary/aromatic N) is 2. The van der Waals surface area contributed by atoms with Gasteiger partial charge in [-0.2, -0.15) is 5.26 Å². The molecule has 0 bridgehead atoms. The minimum absolute atomic E-state index is 0.0290. The molecule has 2 heterocycles. The van der Waals surface area contributed by atoms with Gasteiger partial charge in [-0.25, -0.2) is 9.18 Å². The lowest BCUT2D eigenvalue weighted by atomic mass is 9.68. The molecule has 2 aliphatic carbocycles. The van der Waals surface area contributed by atoms with Gasteiger partial charge in [-0.1, -0.05) is 0 Å². The summed E-state index contributed by atoms with van der Waals surface area (Å²) in [6, 6.07) is 1.49. The van der Waals surface area contributed by atoms with Gasteiger partial charge in [-0.3, -0.25) is 4.79 Å². The van der Waals surface area contributed by atoms with Crippen molar-refractivity contribution in [3.8, 4) is 6.07 Å². The van der Waals surface area contributed by atoms with Gasteiger partial charge in [0.25, 0.3) is 5.91 Å². The van der Waals surface area contributed by atoms with Gasteiger partial charge in [-0.05, 0) is 75.7 Å². The number of rotatable bonds is 6. The number of ether oxygens (including phenoxy) is 3. The average molecular weight is 495 g/mol. The number of amides is 2. The maximum atomic E-state index is 15.3. The van der Waals surface area contributed by atoms with Crippen LogP contribution in [0, 0.1) is 29.1 Å². The van der Waals surface area contributed by atoms with E-state index in [-0.39, 0.29) is 42.1 Å². The number of methoxy groups -OCH3 is 1. The van der Waals surface area contributed by atoms with Gasteiger partial charge in [-0.15, -0.1) is 0 Å². The lowest BCUT2D eigenvalue weighted by Crippen LogP contribution is -2.49. The molecule has 0 spiro atoms. The van der Waals surface area contributed by atoms with Crippen molar-refractivity contribution in [2.24, 2.45) is 17.8 Å². The number of nitrogens with one attached hydrogen (secondary N) is 2. The van der Waals surface area contributed by atoms with Gasteiger partial charge in [0.05, 0.1) is 24.8 Å². The summed E-state index contributed by atoms with van der Waals surface area (Å²) in [5, 5.41) is 15.6. The van der Waals surface area contributed by atoms with E-state index in [4.69, 9.17) is 14.2 Å². The second kappa shape index (κ2) is 11.8. The first-order chi connectivity index (χ1) is 16.9. The van der Waals surface area contributed by atoms with E-state index in [1.807, 2.05) is 0 Å². The number of hydrogen-bond acceptors (Lipinski definition) is 7. The second-order valence-corrected chi connectivity index (χ2v) is 10.6. The summed E-state index contributed by atoms with van der Waals surface area (Å²) in [4.78, 5) is 26.3. The van der Waals surface area contributed by atoms with Gasteiger partial charge in [0.2, 0.25) is 0 Å². The molecule has 2 saturated carbocycles. The van der Waals surface area contributed by atoms with Crippen molar-refractivity contribution in [2.75, 3.05) is 33.9 Å². The SMILES string of the molecule is COC1CCNCC(C(=O)NC(C#N)CC2CCC(C3CCC4OC(=O)N(C)C4C3)CC2F)OC1. The minimum Gasteiger partial charge on any atom is -0.444 e. The lowest BCUT2D eigenvalue weighted by molar-refractivity contribution is -0.136. The van der Waals surface area contributed by atoms with Crippen LogP contribution in [-0.2, 0) is 19.0 Å². The van der Waals surface area contributed by atoms with E-state index in [1.54, 1.807) is 19.1 Å². The van der Waals surface area contributed by atoms with Crippen LogP contribution in [0.15, 0.2) is 0 Å². The molecule has 2 N–H and O–H groups in total. The molecule has 4 aliphatic rings. The first-order valence-electron chi connectivity index (χ1n) is 13.0. The van der Waals surface area contributed by atoms with Crippen molar-refractivity contribution < 1.29 is 28.2 Å². The molecule has 0 aromatic rings. The molecular weight excluding hydrogens is 455 g/mol. The number of halogens is 1. The number of carbonyl (C=O) groups excluding carboxylic acids is 2. The molecule has 196 valence electrons. The summed E-state index contributed by atoms with van der Waals surface area (Å²) in [6.07, 6.45) is 3.79. The topological polar surface area (TPSA) is 113 Å². The van der Waals surface area contributed by atoms with Crippen LogP contribution in [0.1, 0.15) is 51.4 Å². The van der Waals surface area contributed by atoms with Crippen molar-refractivity contribution in [1.29, 1.82) is 5.26 Å². The summed E-state index contributed by atoms with van der Waals surface area (Å²) in [5.74, 6) is 0.0725. The van der Waals surface area contributed by atoms with Crippen molar-refractivity contribution >= 4 is 12.0 Å². The van der Waals surface area contributed by atoms with Gasteiger partial charge in [0.1, 0.15) is 24.4 Å². The van der Waals surface area contributed by atoms with Crippen LogP contribution in [0.4, 0.5) is 9.18 Å². The Hall–Kier alpha value is -1.96. The number of alkyl halides is 1. The van der Waals surface area contributed by atoms with Crippen LogP contribution >= 0.6 is 0 Å². The summed E-state index contributed by atoms with van der Waals surface area (Å²) < 4.78 is 31.8. The van der Waals surface area contributed by atoms with Crippen LogP contribution in [-0.4, -0.2) is 87.3 Å². The maximum absolute atomic E-state index is 15.3. The third kappa shape index (κ3) is 6.25. The highest BCUT2D eigenvalue weighted by molar-refractivity contribution is 5.81. The molecule has 9 atom stereocenters. The predicted octanol–water partition coefficient (Wildman–Crippen LogP) is 2.15. The van der Waals surface area contributed by atoms with E-state index >= 15 is 4.39 Å². The Labute approximate surface area is 207 Å². The van der Waals surface area contributed by atoms with Crippen LogP contribution in [0.2, 0.25) is 0 Å². The standard InChI is InChI=1S/C25H39FN4O5/c1-30-21-11-16(5-6-22(21)35-25(30)32)15-3-4-17(20(26)10-15)9-18(12-27)29-24(31)23-13-28-8-7-19(33-2)14-34-23/h15-23,28H,3-11,13-14H2,1-2H3,(H,29,31). The van der Waals surface area contributed by atoms with Crippen LogP contribution in [0.3, 0.4) is 0 Å². The molecule has 4 rings (SSSR count). The van der Waals surface area contributed by atoms with Crippen molar-refractivity contribution in [3.63, 3.8) is 0 Å². The average Bonchev–Trinajstić information content (AvgIpc) is 3.12. The Kier molecular flexibility index (Phi) is 8.84. The molecule has 4 fully saturated rings. The molecule has 10 heteroatoms. The highest BCUT2D eigenvalue weighted by Gasteiger charge is 2.46. The normalized spacial score (nSPS) is 38.9. The monoisotopic (exact) mass is 494 g/mol. The number of likely N-dealkylation sites (N-methyl/N-ethyl adjacent to an activating group) is 1. The van der Waals surface area contributed by atoms with Crippen molar-refractivity contribution in [2.45, 2.75) is 87.9 Å². The molecule has 2 saturated heterocycles. The third-order valence-electron chi connectivity index (χ3n) is 8.54. The molecule has 35 heavy (non-hydrogen) atoms. The fraction of sp³-hybridized carbons (Fsp3) is 0.880. The van der Waals surface area contributed by atoms with E-state index < -0.39 is 18.3 Å². The Morgan fingerprint density at radius 3 is 2.80 bits per heavy atom. The smallest absolute Gasteiger partial charge is 0.410 e. The van der Waals surface area contributed by atoms with E-state index in [0.29, 0.717) is 38.3 Å². The summed E-state index contributed by atoms with van der Waals surface area (Å²) in [7, 11) is 3.40. The lowest BCUT2D eigenvalue weighted by Gasteiger charge is -2.41. The Bertz CT molecular complexity index is 794. The van der Waals surface area contributed by atoms with Crippen LogP contribution < -0.4 is 10.6 Å². The highest BCUT2D eigenvalue weighted by Crippen LogP contribution is 2.44. The molecule has 0 aromatic carbocycles. The Morgan fingerprint density at radius 2 is 2.06 bits per heavy atom. The second-order valence-electron chi connectivity index (χ2n) is 10.6. The van der Waals surface area contributed by atoms with E-state index in [1.165, 1.54) is 0 Å². The zero-order chi connectivity index (χ0) is 24.9. The molecular formula is C25H39FN4O5. The number of hydrogen-bond donors (Lipinski definition) is 2. The minimum atomic E-state index is -1.000. The summed E-state index contributed by atoms with van der Waals surface area (Å²) in [5.41, 5.74) is 0. The third-order valence-corrected chi connectivity index (χ3v) is 8.54. The fourth-order valence-electron chi connectivity index (χ4n) is 6.30. The molecule has 2 aliphatic heterocycles. The zero-order valence-corrected chi connectivity index (χ0v) is 20.8. The van der Waals surface area contributed by atoms with Crippen molar-refractivity contribution in [1.82, 2.24) is 15.5 Å². The first kappa shape index (κ1) is 26.1. The quantitative estimate of drug-likeness (QED) is 0.582. The van der Waals surface area contributed by atoms with Crippen molar-refractivity contribution in [3.05, 3.63) is 0 Å². The number of nitriles is 1. The van der Waals surface area contributed by atoms with Crippen LogP contribution in [0.25, 0.3) is 0 Å². The number of carbonyl (C=O) groups is 2. The van der Waals surface area contributed by atoms with Gasteiger partial charge < -0.3 is 29.7 Å². The summed E-state index contributed by atoms with van der Waals surface area (Å²) in [6.45, 7) is 1.41. The zero-order valence-electron chi connectivity index (χ0n) is 20.8. The predicted molar refractivity (Wildman–Crippen MR) is 125 cm³/mol. The van der Waals surface area contributed by atoms with Crippen LogP contribution in [0.5, 0.6) is 0 Å². The molecule has 0 radical (unpaired) electrons. The van der Waals surface area contributed by atoms with E-state index in [0.717, 1.165) is 38.6 Å². The maximum Gasteiger partial charge on any atom is 0.410 e. The van der Waals surface area contributed by atoms with E-state index in [9.17, 15) is 14.9 Å². The molecule has 9 unspecified atom stereocenters. The Morgan fingerprint density at radius 1 is 1.29 bits per heavy atom. The molecule has 2 amide bonds. The molecule has 9 nitrogen and oxygen atoms in total. The Balaban J connectivity index is 1.25. The first-order valence-corrected chi connectivity index (χ1v) is 13.0. The number of fused-ring (bicyclic) bond motifs is 1. The van der Waals surface area contributed by atoms with Gasteiger partial charge in [0, 0.05) is 20.7 Å². The molecule has 0 aromatic heterocycles. The summed E-state index contributed by atoms with van der Waals surface area (Å²) >= 11 is 0. The van der Waals surface area contributed by atoms with E-state index in [2.05, 4.69) is 16.7 Å². The fourth-order valence-corrected chi connectivity index (χ4v) is 6.30. The van der Waals surface area contributed by atoms with Gasteiger partial charge >= 0.3 is 6.09 Å². The van der Waals surface area contributed by atoms with Gasteiger partial charge in [0.15, 0.2) is 0 Å². The largest absolute Gasteiger partial charge is 0.444 e. The highest BCUT2D eigenvalue weighted by atomic mass is 19.1.